The van der Waals surface area contributed by atoms with Gasteiger partial charge in [-0.25, -0.2) is 0 Å². The van der Waals surface area contributed by atoms with Gasteiger partial charge in [-0.3, -0.25) is 0 Å². The molecule has 3 fully saturated rings. The second-order valence-electron chi connectivity index (χ2n) is 10.8. The zero-order chi connectivity index (χ0) is 20.5. The molecule has 3 saturated carbocycles. The summed E-state index contributed by atoms with van der Waals surface area (Å²) >= 11 is 0. The number of hydrogen-bond acceptors (Lipinski definition) is 2. The molecule has 3 aliphatic rings. The number of ether oxygens (including phenoxy) is 1. The lowest BCUT2D eigenvalue weighted by molar-refractivity contribution is 0.0155. The molecule has 0 saturated heterocycles. The molecule has 0 aliphatic heterocycles. The third-order valence-corrected chi connectivity index (χ3v) is 9.21. The molecule has 0 aromatic heterocycles. The van der Waals surface area contributed by atoms with Crippen LogP contribution in [0.3, 0.4) is 0 Å². The first-order chi connectivity index (χ1) is 14.2. The first-order valence-electron chi connectivity index (χ1n) is 13.1. The van der Waals surface area contributed by atoms with Crippen LogP contribution in [0.25, 0.3) is 0 Å². The fourth-order valence-corrected chi connectivity index (χ4v) is 7.07. The highest BCUT2D eigenvalue weighted by molar-refractivity contribution is 5.06. The van der Waals surface area contributed by atoms with Crippen LogP contribution >= 0.6 is 0 Å². The molecule has 0 bridgehead atoms. The molecule has 29 heavy (non-hydrogen) atoms. The van der Waals surface area contributed by atoms with Gasteiger partial charge in [-0.15, -0.1) is 0 Å². The van der Waals surface area contributed by atoms with Gasteiger partial charge >= 0.3 is 0 Å². The van der Waals surface area contributed by atoms with Gasteiger partial charge in [-0.05, 0) is 87.9 Å². The van der Waals surface area contributed by atoms with Crippen molar-refractivity contribution in [3.8, 4) is 6.07 Å². The van der Waals surface area contributed by atoms with Crippen LogP contribution in [0.4, 0.5) is 0 Å². The van der Waals surface area contributed by atoms with Crippen molar-refractivity contribution in [1.82, 2.24) is 0 Å². The highest BCUT2D eigenvalue weighted by Gasteiger charge is 2.44. The van der Waals surface area contributed by atoms with Gasteiger partial charge in [0.15, 0.2) is 0 Å². The van der Waals surface area contributed by atoms with E-state index < -0.39 is 0 Å². The highest BCUT2D eigenvalue weighted by atomic mass is 16.5. The smallest absolute Gasteiger partial charge is 0.0692 e. The van der Waals surface area contributed by atoms with Crippen molar-refractivity contribution in [3.05, 3.63) is 0 Å². The maximum absolute atomic E-state index is 10.1. The minimum absolute atomic E-state index is 0.00903. The summed E-state index contributed by atoms with van der Waals surface area (Å²) in [5, 5.41) is 10.1. The molecule has 0 N–H and O–H groups in total. The Hall–Kier alpha value is -0.550. The Bertz CT molecular complexity index is 485. The van der Waals surface area contributed by atoms with Crippen LogP contribution < -0.4 is 0 Å². The summed E-state index contributed by atoms with van der Waals surface area (Å²) in [4.78, 5) is 0. The number of rotatable bonds is 9. The summed E-state index contributed by atoms with van der Waals surface area (Å²) in [5.74, 6) is 3.53. The van der Waals surface area contributed by atoms with Gasteiger partial charge in [-0.1, -0.05) is 58.3 Å². The molecule has 0 radical (unpaired) electrons. The second-order valence-corrected chi connectivity index (χ2v) is 10.8. The summed E-state index contributed by atoms with van der Waals surface area (Å²) in [7, 11) is 1.84. The van der Waals surface area contributed by atoms with Gasteiger partial charge in [0.05, 0.1) is 17.6 Å². The summed E-state index contributed by atoms with van der Waals surface area (Å²) in [6.45, 7) is 2.30. The van der Waals surface area contributed by atoms with Crippen molar-refractivity contribution >= 4 is 0 Å². The molecule has 0 heterocycles. The lowest BCUT2D eigenvalue weighted by Gasteiger charge is -2.45. The molecule has 3 aliphatic carbocycles. The Morgan fingerprint density at radius 3 is 2.00 bits per heavy atom. The normalized spacial score (nSPS) is 38.4. The van der Waals surface area contributed by atoms with E-state index in [2.05, 4.69) is 13.0 Å². The SMILES string of the molecule is CCCCCCCC1CCC(C2CCC(C#N)(C3CCC(OC)CC3)CC2)CC1. The molecule has 0 aromatic rings. The first-order valence-corrected chi connectivity index (χ1v) is 13.1. The standard InChI is InChI=1S/C27H47NO/c1-3-4-5-6-7-8-22-9-11-23(12-10-22)24-17-19-27(21-28,20-18-24)25-13-15-26(29-2)16-14-25/h22-26H,3-20H2,1-2H3. The molecule has 0 atom stereocenters. The van der Waals surface area contributed by atoms with Crippen LogP contribution in [0, 0.1) is 40.4 Å². The average Bonchev–Trinajstić information content (AvgIpc) is 2.79. The van der Waals surface area contributed by atoms with Gasteiger partial charge in [0.25, 0.3) is 0 Å². The largest absolute Gasteiger partial charge is 0.381 e. The van der Waals surface area contributed by atoms with E-state index in [4.69, 9.17) is 4.74 Å². The summed E-state index contributed by atoms with van der Waals surface area (Å²) < 4.78 is 5.56. The predicted octanol–water partition coefficient (Wildman–Crippen LogP) is 8.06. The van der Waals surface area contributed by atoms with E-state index in [-0.39, 0.29) is 5.41 Å². The van der Waals surface area contributed by atoms with Crippen molar-refractivity contribution in [3.63, 3.8) is 0 Å². The predicted molar refractivity (Wildman–Crippen MR) is 122 cm³/mol. The molecule has 0 amide bonds. The fraction of sp³-hybridized carbons (Fsp3) is 0.963. The van der Waals surface area contributed by atoms with E-state index in [1.54, 1.807) is 0 Å². The topological polar surface area (TPSA) is 33.0 Å². The Kier molecular flexibility index (Phi) is 9.36. The van der Waals surface area contributed by atoms with E-state index in [1.165, 1.54) is 103 Å². The number of unbranched alkanes of at least 4 members (excludes halogenated alkanes) is 4. The monoisotopic (exact) mass is 401 g/mol. The Morgan fingerprint density at radius 2 is 1.41 bits per heavy atom. The molecule has 2 nitrogen and oxygen atoms in total. The van der Waals surface area contributed by atoms with Gasteiger partial charge < -0.3 is 4.74 Å². The van der Waals surface area contributed by atoms with Gasteiger partial charge in [0.2, 0.25) is 0 Å². The maximum Gasteiger partial charge on any atom is 0.0692 e. The van der Waals surface area contributed by atoms with Crippen molar-refractivity contribution < 1.29 is 4.74 Å². The van der Waals surface area contributed by atoms with Gasteiger partial charge in [0.1, 0.15) is 0 Å². The number of hydrogen-bond donors (Lipinski definition) is 0. The fourth-order valence-electron chi connectivity index (χ4n) is 7.07. The molecule has 2 heteroatoms. The average molecular weight is 402 g/mol. The van der Waals surface area contributed by atoms with Gasteiger partial charge in [0, 0.05) is 7.11 Å². The molecule has 3 rings (SSSR count). The first kappa shape index (κ1) is 23.1. The summed E-state index contributed by atoms with van der Waals surface area (Å²) in [6.07, 6.45) is 24.7. The van der Waals surface area contributed by atoms with Crippen molar-refractivity contribution in [2.75, 3.05) is 7.11 Å². The Labute approximate surface area is 181 Å². The van der Waals surface area contributed by atoms with Crippen LogP contribution in [0.15, 0.2) is 0 Å². The van der Waals surface area contributed by atoms with E-state index in [0.717, 1.165) is 30.6 Å². The molecular weight excluding hydrogens is 354 g/mol. The molecule has 0 unspecified atom stereocenters. The van der Waals surface area contributed by atoms with Crippen LogP contribution in [-0.4, -0.2) is 13.2 Å². The summed E-state index contributed by atoms with van der Waals surface area (Å²) in [6, 6.07) is 2.85. The number of nitrogens with zero attached hydrogens (tertiary/aromatic N) is 1. The molecule has 0 spiro atoms. The summed E-state index contributed by atoms with van der Waals surface area (Å²) in [5.41, 5.74) is -0.00903. The number of nitriles is 1. The second kappa shape index (κ2) is 11.7. The third kappa shape index (κ3) is 6.22. The maximum atomic E-state index is 10.1. The lowest BCUT2D eigenvalue weighted by atomic mass is 9.58. The quantitative estimate of drug-likeness (QED) is 0.366. The lowest BCUT2D eigenvalue weighted by Crippen LogP contribution is -2.38. The molecule has 0 aromatic carbocycles. The zero-order valence-electron chi connectivity index (χ0n) is 19.5. The zero-order valence-corrected chi connectivity index (χ0v) is 19.5. The van der Waals surface area contributed by atoms with Crippen molar-refractivity contribution in [2.24, 2.45) is 29.1 Å². The van der Waals surface area contributed by atoms with E-state index in [1.807, 2.05) is 7.11 Å². The van der Waals surface area contributed by atoms with Crippen LogP contribution in [0.1, 0.15) is 122 Å². The minimum Gasteiger partial charge on any atom is -0.381 e. The Morgan fingerprint density at radius 1 is 0.793 bits per heavy atom. The van der Waals surface area contributed by atoms with Crippen LogP contribution in [0.5, 0.6) is 0 Å². The number of methoxy groups -OCH3 is 1. The Balaban J connectivity index is 1.38. The van der Waals surface area contributed by atoms with Crippen LogP contribution in [0.2, 0.25) is 0 Å². The van der Waals surface area contributed by atoms with Crippen molar-refractivity contribution in [2.45, 2.75) is 129 Å². The van der Waals surface area contributed by atoms with Crippen molar-refractivity contribution in [1.29, 1.82) is 5.26 Å². The van der Waals surface area contributed by atoms with Crippen LogP contribution in [-0.2, 0) is 4.74 Å². The van der Waals surface area contributed by atoms with E-state index in [9.17, 15) is 5.26 Å². The van der Waals surface area contributed by atoms with Gasteiger partial charge in [-0.2, -0.15) is 5.26 Å². The third-order valence-electron chi connectivity index (χ3n) is 9.21. The van der Waals surface area contributed by atoms with E-state index >= 15 is 0 Å². The minimum atomic E-state index is -0.00903. The molecule has 166 valence electrons. The van der Waals surface area contributed by atoms with E-state index in [0.29, 0.717) is 12.0 Å². The molecular formula is C27H47NO. The highest BCUT2D eigenvalue weighted by Crippen LogP contribution is 2.52.